The molecule has 0 bridgehead atoms. The lowest BCUT2D eigenvalue weighted by molar-refractivity contribution is 0.605. The van der Waals surface area contributed by atoms with Crippen LogP contribution >= 0.6 is 0 Å². The second-order valence-corrected chi connectivity index (χ2v) is 8.50. The van der Waals surface area contributed by atoms with Crippen molar-refractivity contribution in [1.29, 1.82) is 0 Å². The van der Waals surface area contributed by atoms with Crippen LogP contribution in [0.2, 0.25) is 0 Å². The average Bonchev–Trinajstić information content (AvgIpc) is 2.78. The van der Waals surface area contributed by atoms with Crippen LogP contribution < -0.4 is 0 Å². The van der Waals surface area contributed by atoms with E-state index in [1.54, 1.807) is 0 Å². The summed E-state index contributed by atoms with van der Waals surface area (Å²) in [6.07, 6.45) is 18.1. The predicted molar refractivity (Wildman–Crippen MR) is 131 cm³/mol. The molecule has 2 heteroatoms. The van der Waals surface area contributed by atoms with Crippen LogP contribution in [0.15, 0.2) is 58.8 Å². The molecule has 0 unspecified atom stereocenters. The van der Waals surface area contributed by atoms with Gasteiger partial charge in [0.05, 0.1) is 11.4 Å². The second kappa shape index (κ2) is 15.8. The second-order valence-electron chi connectivity index (χ2n) is 8.50. The fourth-order valence-corrected chi connectivity index (χ4v) is 3.97. The summed E-state index contributed by atoms with van der Waals surface area (Å²) in [5.41, 5.74) is 4.79. The van der Waals surface area contributed by atoms with Crippen LogP contribution in [-0.2, 0) is 12.8 Å². The van der Waals surface area contributed by atoms with Crippen LogP contribution in [0.1, 0.15) is 102 Å². The monoisotopic (exact) mass is 406 g/mol. The Morgan fingerprint density at radius 2 is 1.00 bits per heavy atom. The van der Waals surface area contributed by atoms with Crippen LogP contribution in [0.3, 0.4) is 0 Å². The third kappa shape index (κ3) is 9.69. The third-order valence-corrected chi connectivity index (χ3v) is 5.82. The molecule has 2 aromatic carbocycles. The van der Waals surface area contributed by atoms with E-state index in [0.29, 0.717) is 0 Å². The lowest BCUT2D eigenvalue weighted by Crippen LogP contribution is -1.93. The Labute approximate surface area is 185 Å². The van der Waals surface area contributed by atoms with Gasteiger partial charge in [0.1, 0.15) is 0 Å². The first-order chi connectivity index (χ1) is 14.8. The van der Waals surface area contributed by atoms with Gasteiger partial charge in [-0.1, -0.05) is 114 Å². The van der Waals surface area contributed by atoms with Crippen molar-refractivity contribution in [3.05, 3.63) is 59.7 Å². The number of hydrogen-bond acceptors (Lipinski definition) is 2. The molecule has 0 aromatic heterocycles. The lowest BCUT2D eigenvalue weighted by Gasteiger charge is -2.11. The molecule has 0 radical (unpaired) electrons. The highest BCUT2D eigenvalue weighted by molar-refractivity contribution is 5.53. The molecule has 0 saturated heterocycles. The molecule has 2 aromatic rings. The van der Waals surface area contributed by atoms with Gasteiger partial charge in [0.25, 0.3) is 0 Å². The van der Waals surface area contributed by atoms with Crippen molar-refractivity contribution in [1.82, 2.24) is 0 Å². The van der Waals surface area contributed by atoms with Crippen molar-refractivity contribution in [2.75, 3.05) is 0 Å². The summed E-state index contributed by atoms with van der Waals surface area (Å²) in [4.78, 5) is 0. The molecule has 0 amide bonds. The van der Waals surface area contributed by atoms with Crippen molar-refractivity contribution in [2.24, 2.45) is 10.2 Å². The van der Waals surface area contributed by atoms with Crippen molar-refractivity contribution >= 4 is 11.4 Å². The van der Waals surface area contributed by atoms with Crippen molar-refractivity contribution in [2.45, 2.75) is 104 Å². The SMILES string of the molecule is CCCCCCCCc1cccc(CCCCCCCC)c1N=Nc1ccccc1. The normalized spacial score (nSPS) is 11.4. The van der Waals surface area contributed by atoms with Gasteiger partial charge in [-0.25, -0.2) is 0 Å². The van der Waals surface area contributed by atoms with E-state index in [2.05, 4.69) is 37.2 Å². The van der Waals surface area contributed by atoms with E-state index in [1.807, 2.05) is 30.3 Å². The smallest absolute Gasteiger partial charge is 0.0920 e. The number of rotatable bonds is 16. The van der Waals surface area contributed by atoms with Gasteiger partial charge in [-0.2, -0.15) is 5.11 Å². The highest BCUT2D eigenvalue weighted by Crippen LogP contribution is 2.30. The number of azo groups is 1. The fraction of sp³-hybridized carbons (Fsp3) is 0.571. The molecule has 0 atom stereocenters. The van der Waals surface area contributed by atoms with Crippen molar-refractivity contribution in [3.63, 3.8) is 0 Å². The quantitative estimate of drug-likeness (QED) is 0.196. The number of benzene rings is 2. The maximum absolute atomic E-state index is 4.76. The predicted octanol–water partition coefficient (Wildman–Crippen LogP) is 9.91. The van der Waals surface area contributed by atoms with E-state index in [-0.39, 0.29) is 0 Å². The van der Waals surface area contributed by atoms with Gasteiger partial charge in [-0.15, -0.1) is 5.11 Å². The maximum Gasteiger partial charge on any atom is 0.0920 e. The van der Waals surface area contributed by atoms with E-state index in [1.165, 1.54) is 88.2 Å². The molecule has 2 nitrogen and oxygen atoms in total. The number of aryl methyl sites for hydroxylation is 2. The summed E-state index contributed by atoms with van der Waals surface area (Å²) in [5, 5.41) is 9.32. The fourth-order valence-electron chi connectivity index (χ4n) is 3.97. The molecular weight excluding hydrogens is 364 g/mol. The lowest BCUT2D eigenvalue weighted by atomic mass is 9.97. The molecule has 164 valence electrons. The molecular formula is C28H42N2. The molecule has 0 aliphatic carbocycles. The summed E-state index contributed by atoms with van der Waals surface area (Å²) in [5.74, 6) is 0. The first kappa shape index (κ1) is 24.3. The molecule has 0 aliphatic rings. The Morgan fingerprint density at radius 3 is 1.53 bits per heavy atom. The van der Waals surface area contributed by atoms with E-state index in [4.69, 9.17) is 5.11 Å². The van der Waals surface area contributed by atoms with Crippen LogP contribution in [0, 0.1) is 0 Å². The first-order valence-electron chi connectivity index (χ1n) is 12.4. The van der Waals surface area contributed by atoms with Crippen LogP contribution in [0.5, 0.6) is 0 Å². The Hall–Kier alpha value is -1.96. The maximum atomic E-state index is 4.76. The highest BCUT2D eigenvalue weighted by atomic mass is 15.1. The van der Waals surface area contributed by atoms with Crippen molar-refractivity contribution < 1.29 is 0 Å². The Bertz CT molecular complexity index is 672. The summed E-state index contributed by atoms with van der Waals surface area (Å²) in [6.45, 7) is 4.55. The molecule has 0 fully saturated rings. The molecule has 0 N–H and O–H groups in total. The number of hydrogen-bond donors (Lipinski definition) is 0. The zero-order valence-corrected chi connectivity index (χ0v) is 19.4. The Kier molecular flexibility index (Phi) is 12.8. The largest absolute Gasteiger partial charge is 0.151 e. The molecule has 0 spiro atoms. The zero-order valence-electron chi connectivity index (χ0n) is 19.4. The standard InChI is InChI=1S/C28H42N2/c1-3-5-7-9-11-14-19-25-21-18-22-26(20-15-12-10-8-6-4-2)28(25)30-29-27-23-16-13-17-24-27/h13,16-18,21-24H,3-12,14-15,19-20H2,1-2H3. The number of nitrogens with zero attached hydrogens (tertiary/aromatic N) is 2. The van der Waals surface area contributed by atoms with Crippen molar-refractivity contribution in [3.8, 4) is 0 Å². The summed E-state index contributed by atoms with van der Waals surface area (Å²) in [7, 11) is 0. The molecule has 0 heterocycles. The highest BCUT2D eigenvalue weighted by Gasteiger charge is 2.08. The van der Waals surface area contributed by atoms with Gasteiger partial charge in [0, 0.05) is 0 Å². The van der Waals surface area contributed by atoms with Gasteiger partial charge in [-0.05, 0) is 48.9 Å². The molecule has 0 aliphatic heterocycles. The summed E-state index contributed by atoms with van der Waals surface area (Å²) < 4.78 is 0. The molecule has 2 rings (SSSR count). The minimum atomic E-state index is 0.928. The van der Waals surface area contributed by atoms with Gasteiger partial charge < -0.3 is 0 Å². The summed E-state index contributed by atoms with van der Waals surface area (Å²) in [6, 6.07) is 16.9. The van der Waals surface area contributed by atoms with E-state index < -0.39 is 0 Å². The Balaban J connectivity index is 2.02. The van der Waals surface area contributed by atoms with Gasteiger partial charge in [0.2, 0.25) is 0 Å². The van der Waals surface area contributed by atoms with Crippen LogP contribution in [0.25, 0.3) is 0 Å². The van der Waals surface area contributed by atoms with Gasteiger partial charge in [-0.3, -0.25) is 0 Å². The van der Waals surface area contributed by atoms with Gasteiger partial charge in [0.15, 0.2) is 0 Å². The van der Waals surface area contributed by atoms with E-state index in [9.17, 15) is 0 Å². The molecule has 30 heavy (non-hydrogen) atoms. The van der Waals surface area contributed by atoms with Crippen LogP contribution in [-0.4, -0.2) is 0 Å². The summed E-state index contributed by atoms with van der Waals surface area (Å²) >= 11 is 0. The average molecular weight is 407 g/mol. The topological polar surface area (TPSA) is 24.7 Å². The number of unbranched alkanes of at least 4 members (excludes halogenated alkanes) is 10. The van der Waals surface area contributed by atoms with Crippen LogP contribution in [0.4, 0.5) is 11.4 Å². The molecule has 0 saturated carbocycles. The van der Waals surface area contributed by atoms with E-state index >= 15 is 0 Å². The van der Waals surface area contributed by atoms with Gasteiger partial charge >= 0.3 is 0 Å². The van der Waals surface area contributed by atoms with E-state index in [0.717, 1.165) is 24.2 Å². The first-order valence-corrected chi connectivity index (χ1v) is 12.4. The third-order valence-electron chi connectivity index (χ3n) is 5.82. The minimum absolute atomic E-state index is 0.928. The zero-order chi connectivity index (χ0) is 21.3. The minimum Gasteiger partial charge on any atom is -0.151 e. The Morgan fingerprint density at radius 1 is 0.500 bits per heavy atom.